The van der Waals surface area contributed by atoms with Gasteiger partial charge in [-0.15, -0.1) is 0 Å². The summed E-state index contributed by atoms with van der Waals surface area (Å²) in [6.07, 6.45) is 8.33. The van der Waals surface area contributed by atoms with Gasteiger partial charge < -0.3 is 9.80 Å². The molecule has 2 amide bonds. The molecule has 1 aliphatic carbocycles. The zero-order chi connectivity index (χ0) is 17.6. The van der Waals surface area contributed by atoms with Gasteiger partial charge in [-0.05, 0) is 30.5 Å². The SMILES string of the molecule is O=C(C/C=C/c1ccc(F)cc1)N1CCN(C(=O)C2CCCC2)CC1. The Labute approximate surface area is 148 Å². The van der Waals surface area contributed by atoms with Gasteiger partial charge in [0.25, 0.3) is 0 Å². The van der Waals surface area contributed by atoms with E-state index in [9.17, 15) is 14.0 Å². The summed E-state index contributed by atoms with van der Waals surface area (Å²) < 4.78 is 12.9. The van der Waals surface area contributed by atoms with E-state index in [0.29, 0.717) is 32.6 Å². The maximum absolute atomic E-state index is 12.9. The van der Waals surface area contributed by atoms with Gasteiger partial charge in [-0.1, -0.05) is 37.1 Å². The van der Waals surface area contributed by atoms with E-state index in [1.807, 2.05) is 22.0 Å². The van der Waals surface area contributed by atoms with Crippen LogP contribution in [0.2, 0.25) is 0 Å². The van der Waals surface area contributed by atoms with Crippen molar-refractivity contribution in [2.75, 3.05) is 26.2 Å². The maximum atomic E-state index is 12.9. The standard InChI is InChI=1S/C20H25FN2O2/c21-18-10-8-16(9-11-18)4-3-7-19(24)22-12-14-23(15-13-22)20(25)17-5-1-2-6-17/h3-4,8-11,17H,1-2,5-7,12-15H2/b4-3+. The molecule has 0 N–H and O–H groups in total. The van der Waals surface area contributed by atoms with Crippen LogP contribution >= 0.6 is 0 Å². The summed E-state index contributed by atoms with van der Waals surface area (Å²) in [5.41, 5.74) is 0.876. The smallest absolute Gasteiger partial charge is 0.226 e. The van der Waals surface area contributed by atoms with E-state index in [1.165, 1.54) is 12.1 Å². The van der Waals surface area contributed by atoms with Gasteiger partial charge in [0.2, 0.25) is 11.8 Å². The van der Waals surface area contributed by atoms with Crippen molar-refractivity contribution >= 4 is 17.9 Å². The lowest BCUT2D eigenvalue weighted by atomic mass is 10.1. The third-order valence-corrected chi connectivity index (χ3v) is 5.12. The number of hydrogen-bond acceptors (Lipinski definition) is 2. The molecular formula is C20H25FN2O2. The summed E-state index contributed by atoms with van der Waals surface area (Å²) in [5, 5.41) is 0. The quantitative estimate of drug-likeness (QED) is 0.842. The predicted octanol–water partition coefficient (Wildman–Crippen LogP) is 3.09. The molecule has 0 unspecified atom stereocenters. The monoisotopic (exact) mass is 344 g/mol. The molecule has 1 saturated carbocycles. The van der Waals surface area contributed by atoms with E-state index in [2.05, 4.69) is 0 Å². The summed E-state index contributed by atoms with van der Waals surface area (Å²) in [5.74, 6) is 0.297. The van der Waals surface area contributed by atoms with Crippen molar-refractivity contribution in [3.05, 3.63) is 41.7 Å². The van der Waals surface area contributed by atoms with Crippen molar-refractivity contribution in [3.8, 4) is 0 Å². The fraction of sp³-hybridized carbons (Fsp3) is 0.500. The summed E-state index contributed by atoms with van der Waals surface area (Å²) in [4.78, 5) is 28.5. The second-order valence-electron chi connectivity index (χ2n) is 6.85. The molecule has 0 spiro atoms. The van der Waals surface area contributed by atoms with Gasteiger partial charge in [-0.2, -0.15) is 0 Å². The zero-order valence-electron chi connectivity index (χ0n) is 14.5. The lowest BCUT2D eigenvalue weighted by Gasteiger charge is -2.36. The molecule has 25 heavy (non-hydrogen) atoms. The first kappa shape index (κ1) is 17.6. The molecule has 0 atom stereocenters. The Morgan fingerprint density at radius 1 is 1.00 bits per heavy atom. The number of amides is 2. The Hall–Kier alpha value is -2.17. The number of benzene rings is 1. The van der Waals surface area contributed by atoms with Gasteiger partial charge in [0.05, 0.1) is 0 Å². The van der Waals surface area contributed by atoms with Crippen molar-refractivity contribution in [1.29, 1.82) is 0 Å². The molecule has 3 rings (SSSR count). The molecule has 1 aliphatic heterocycles. The molecule has 0 radical (unpaired) electrons. The topological polar surface area (TPSA) is 40.6 Å². The number of carbonyl (C=O) groups is 2. The summed E-state index contributed by atoms with van der Waals surface area (Å²) in [6.45, 7) is 2.51. The molecule has 4 nitrogen and oxygen atoms in total. The lowest BCUT2D eigenvalue weighted by molar-refractivity contribution is -0.141. The van der Waals surface area contributed by atoms with Crippen molar-refractivity contribution in [2.45, 2.75) is 32.1 Å². The number of piperazine rings is 1. The van der Waals surface area contributed by atoms with Crippen molar-refractivity contribution in [1.82, 2.24) is 9.80 Å². The highest BCUT2D eigenvalue weighted by atomic mass is 19.1. The van der Waals surface area contributed by atoms with Gasteiger partial charge in [0.1, 0.15) is 5.82 Å². The highest BCUT2D eigenvalue weighted by Gasteiger charge is 2.30. The van der Waals surface area contributed by atoms with Crippen LogP contribution in [0.1, 0.15) is 37.7 Å². The third-order valence-electron chi connectivity index (χ3n) is 5.12. The highest BCUT2D eigenvalue weighted by Crippen LogP contribution is 2.27. The van der Waals surface area contributed by atoms with E-state index < -0.39 is 0 Å². The number of hydrogen-bond donors (Lipinski definition) is 0. The van der Waals surface area contributed by atoms with E-state index >= 15 is 0 Å². The van der Waals surface area contributed by atoms with Crippen LogP contribution in [0.4, 0.5) is 4.39 Å². The van der Waals surface area contributed by atoms with Crippen LogP contribution in [0.25, 0.3) is 6.08 Å². The number of rotatable bonds is 4. The summed E-state index contributed by atoms with van der Waals surface area (Å²) in [7, 11) is 0. The Morgan fingerprint density at radius 2 is 1.60 bits per heavy atom. The first-order chi connectivity index (χ1) is 12.1. The minimum absolute atomic E-state index is 0.0753. The van der Waals surface area contributed by atoms with Crippen molar-refractivity contribution < 1.29 is 14.0 Å². The molecule has 1 heterocycles. The molecule has 1 aromatic carbocycles. The summed E-state index contributed by atoms with van der Waals surface area (Å²) in [6, 6.07) is 6.18. The van der Waals surface area contributed by atoms with Gasteiger partial charge in [-0.25, -0.2) is 4.39 Å². The fourth-order valence-corrected chi connectivity index (χ4v) is 3.61. The molecule has 1 saturated heterocycles. The van der Waals surface area contributed by atoms with Crippen LogP contribution in [-0.2, 0) is 9.59 Å². The van der Waals surface area contributed by atoms with Crippen LogP contribution in [0.15, 0.2) is 30.3 Å². The normalized spacial score (nSPS) is 18.9. The molecule has 0 aromatic heterocycles. The number of halogens is 1. The molecule has 0 bridgehead atoms. The summed E-state index contributed by atoms with van der Waals surface area (Å²) >= 11 is 0. The number of nitrogens with zero attached hydrogens (tertiary/aromatic N) is 2. The second-order valence-corrected chi connectivity index (χ2v) is 6.85. The molecular weight excluding hydrogens is 319 g/mol. The third kappa shape index (κ3) is 4.68. The van der Waals surface area contributed by atoms with Gasteiger partial charge in [0, 0.05) is 38.5 Å². The van der Waals surface area contributed by atoms with Crippen molar-refractivity contribution in [2.24, 2.45) is 5.92 Å². The van der Waals surface area contributed by atoms with Gasteiger partial charge in [0.15, 0.2) is 0 Å². The van der Waals surface area contributed by atoms with Gasteiger partial charge >= 0.3 is 0 Å². The Bertz CT molecular complexity index is 628. The largest absolute Gasteiger partial charge is 0.339 e. The molecule has 5 heteroatoms. The number of carbonyl (C=O) groups excluding carboxylic acids is 2. The minimum atomic E-state index is -0.266. The average molecular weight is 344 g/mol. The molecule has 2 aliphatic rings. The van der Waals surface area contributed by atoms with Gasteiger partial charge in [-0.3, -0.25) is 9.59 Å². The zero-order valence-corrected chi connectivity index (χ0v) is 14.5. The average Bonchev–Trinajstić information content (AvgIpc) is 3.17. The fourth-order valence-electron chi connectivity index (χ4n) is 3.61. The van der Waals surface area contributed by atoms with Crippen LogP contribution in [0.5, 0.6) is 0 Å². The predicted molar refractivity (Wildman–Crippen MR) is 95.2 cm³/mol. The van der Waals surface area contributed by atoms with Crippen LogP contribution in [0.3, 0.4) is 0 Å². The van der Waals surface area contributed by atoms with Crippen LogP contribution < -0.4 is 0 Å². The molecule has 134 valence electrons. The first-order valence-electron chi connectivity index (χ1n) is 9.12. The van der Waals surface area contributed by atoms with E-state index in [0.717, 1.165) is 31.2 Å². The molecule has 2 fully saturated rings. The van der Waals surface area contributed by atoms with E-state index in [1.54, 1.807) is 12.1 Å². The first-order valence-corrected chi connectivity index (χ1v) is 9.12. The highest BCUT2D eigenvalue weighted by molar-refractivity contribution is 5.81. The Kier molecular flexibility index (Phi) is 5.84. The Morgan fingerprint density at radius 3 is 2.24 bits per heavy atom. The van der Waals surface area contributed by atoms with Crippen molar-refractivity contribution in [3.63, 3.8) is 0 Å². The lowest BCUT2D eigenvalue weighted by Crippen LogP contribution is -2.51. The van der Waals surface area contributed by atoms with Crippen LogP contribution in [-0.4, -0.2) is 47.8 Å². The van der Waals surface area contributed by atoms with E-state index in [-0.39, 0.29) is 23.5 Å². The second kappa shape index (κ2) is 8.28. The molecule has 1 aromatic rings. The minimum Gasteiger partial charge on any atom is -0.339 e. The Balaban J connectivity index is 1.43. The van der Waals surface area contributed by atoms with Crippen LogP contribution in [0, 0.1) is 11.7 Å². The van der Waals surface area contributed by atoms with E-state index in [4.69, 9.17) is 0 Å². The maximum Gasteiger partial charge on any atom is 0.226 e.